The molecule has 14 heavy (non-hydrogen) atoms. The normalized spacial score (nSPS) is 15.1. The van der Waals surface area contributed by atoms with Crippen molar-refractivity contribution in [3.8, 4) is 0 Å². The van der Waals surface area contributed by atoms with Gasteiger partial charge in [-0.3, -0.25) is 4.79 Å². The number of carbonyl (C=O) groups is 1. The molecule has 1 aromatic heterocycles. The van der Waals surface area contributed by atoms with Gasteiger partial charge in [-0.2, -0.15) is 0 Å². The van der Waals surface area contributed by atoms with Crippen molar-refractivity contribution >= 4 is 17.1 Å². The fourth-order valence-electron chi connectivity index (χ4n) is 1.31. The van der Waals surface area contributed by atoms with Crippen LogP contribution in [-0.2, 0) is 0 Å². The van der Waals surface area contributed by atoms with Crippen LogP contribution < -0.4 is 5.73 Å². The van der Waals surface area contributed by atoms with E-state index < -0.39 is 5.41 Å². The number of hydrogen-bond acceptors (Lipinski definition) is 3. The molecule has 78 valence electrons. The van der Waals surface area contributed by atoms with Crippen LogP contribution in [0.5, 0.6) is 0 Å². The number of Topliss-reactive ketones (excluding diaryl/α,β-unsaturated/α-hetero) is 1. The van der Waals surface area contributed by atoms with Crippen molar-refractivity contribution in [2.24, 2.45) is 11.1 Å². The summed E-state index contributed by atoms with van der Waals surface area (Å²) >= 11 is 1.61. The summed E-state index contributed by atoms with van der Waals surface area (Å²) in [6.45, 7) is 6.36. The van der Waals surface area contributed by atoms with Crippen molar-refractivity contribution in [1.29, 1.82) is 0 Å². The highest BCUT2D eigenvalue weighted by atomic mass is 32.1. The zero-order valence-electron chi connectivity index (χ0n) is 8.96. The van der Waals surface area contributed by atoms with Crippen LogP contribution in [0.1, 0.15) is 35.5 Å². The van der Waals surface area contributed by atoms with Gasteiger partial charge in [0.25, 0.3) is 0 Å². The van der Waals surface area contributed by atoms with Gasteiger partial charge in [0.2, 0.25) is 0 Å². The largest absolute Gasteiger partial charge is 0.329 e. The van der Waals surface area contributed by atoms with Crippen molar-refractivity contribution < 1.29 is 4.79 Å². The smallest absolute Gasteiger partial charge is 0.170 e. The first-order chi connectivity index (χ1) is 6.53. The second-order valence-electron chi connectivity index (χ2n) is 3.89. The first-order valence-corrected chi connectivity index (χ1v) is 5.71. The summed E-state index contributed by atoms with van der Waals surface area (Å²) in [5.41, 5.74) is 6.06. The number of ketones is 1. The molecule has 0 fully saturated rings. The minimum Gasteiger partial charge on any atom is -0.329 e. The number of rotatable bonds is 4. The Bertz CT molecular complexity index is 326. The Balaban J connectivity index is 2.94. The summed E-state index contributed by atoms with van der Waals surface area (Å²) in [6, 6.07) is 1.94. The SMILES string of the molecule is CCC(C)(CN)C(=O)c1csc(C)c1. The Labute approximate surface area is 89.1 Å². The van der Waals surface area contributed by atoms with Gasteiger partial charge in [0, 0.05) is 27.8 Å². The zero-order chi connectivity index (χ0) is 10.8. The minimum atomic E-state index is -0.395. The van der Waals surface area contributed by atoms with Gasteiger partial charge in [-0.15, -0.1) is 11.3 Å². The first-order valence-electron chi connectivity index (χ1n) is 4.83. The molecule has 2 N–H and O–H groups in total. The van der Waals surface area contributed by atoms with Gasteiger partial charge >= 0.3 is 0 Å². The minimum absolute atomic E-state index is 0.173. The Hall–Kier alpha value is -0.670. The molecule has 0 spiro atoms. The zero-order valence-corrected chi connectivity index (χ0v) is 9.78. The van der Waals surface area contributed by atoms with Crippen LogP contribution in [0.4, 0.5) is 0 Å². The lowest BCUT2D eigenvalue weighted by atomic mass is 9.80. The molecule has 1 unspecified atom stereocenters. The molecule has 1 rings (SSSR count). The van der Waals surface area contributed by atoms with E-state index in [-0.39, 0.29) is 5.78 Å². The lowest BCUT2D eigenvalue weighted by Gasteiger charge is -2.23. The van der Waals surface area contributed by atoms with Crippen molar-refractivity contribution in [3.63, 3.8) is 0 Å². The van der Waals surface area contributed by atoms with Gasteiger partial charge in [-0.25, -0.2) is 0 Å². The summed E-state index contributed by atoms with van der Waals surface area (Å²) in [4.78, 5) is 13.2. The number of carbonyl (C=O) groups excluding carboxylic acids is 1. The summed E-state index contributed by atoms with van der Waals surface area (Å²) in [6.07, 6.45) is 0.789. The van der Waals surface area contributed by atoms with Crippen LogP contribution in [0.25, 0.3) is 0 Å². The quantitative estimate of drug-likeness (QED) is 0.778. The molecule has 0 aliphatic heterocycles. The summed E-state index contributed by atoms with van der Waals surface area (Å²) in [7, 11) is 0. The topological polar surface area (TPSA) is 43.1 Å². The number of nitrogens with two attached hydrogens (primary N) is 1. The molecule has 1 aromatic rings. The van der Waals surface area contributed by atoms with E-state index in [4.69, 9.17) is 5.73 Å². The van der Waals surface area contributed by atoms with Crippen LogP contribution in [-0.4, -0.2) is 12.3 Å². The molecule has 0 aliphatic carbocycles. The van der Waals surface area contributed by atoms with Crippen LogP contribution in [0.15, 0.2) is 11.4 Å². The first kappa shape index (κ1) is 11.4. The van der Waals surface area contributed by atoms with E-state index in [0.29, 0.717) is 6.54 Å². The summed E-state index contributed by atoms with van der Waals surface area (Å²) < 4.78 is 0. The summed E-state index contributed by atoms with van der Waals surface area (Å²) in [5.74, 6) is 0.173. The fourth-order valence-corrected chi connectivity index (χ4v) is 1.99. The molecular formula is C11H17NOS. The van der Waals surface area contributed by atoms with Crippen LogP contribution in [0.3, 0.4) is 0 Å². The van der Waals surface area contributed by atoms with Crippen LogP contribution in [0.2, 0.25) is 0 Å². The Morgan fingerprint density at radius 1 is 1.64 bits per heavy atom. The molecule has 0 aliphatic rings. The van der Waals surface area contributed by atoms with E-state index >= 15 is 0 Å². The third-order valence-corrected chi connectivity index (χ3v) is 3.63. The average Bonchev–Trinajstić information content (AvgIpc) is 2.62. The molecule has 0 saturated carbocycles. The summed E-state index contributed by atoms with van der Waals surface area (Å²) in [5, 5.41) is 1.92. The van der Waals surface area contributed by atoms with Crippen molar-refractivity contribution in [2.75, 3.05) is 6.54 Å². The number of aryl methyl sites for hydroxylation is 1. The van der Waals surface area contributed by atoms with Gasteiger partial charge in [-0.05, 0) is 19.4 Å². The van der Waals surface area contributed by atoms with E-state index in [9.17, 15) is 4.79 Å². The van der Waals surface area contributed by atoms with E-state index in [2.05, 4.69) is 0 Å². The Morgan fingerprint density at radius 3 is 2.64 bits per heavy atom. The lowest BCUT2D eigenvalue weighted by molar-refractivity contribution is 0.0820. The highest BCUT2D eigenvalue weighted by Gasteiger charge is 2.30. The van der Waals surface area contributed by atoms with E-state index in [1.807, 2.05) is 32.2 Å². The predicted molar refractivity (Wildman–Crippen MR) is 60.8 cm³/mol. The van der Waals surface area contributed by atoms with E-state index in [0.717, 1.165) is 12.0 Å². The lowest BCUT2D eigenvalue weighted by Crippen LogP contribution is -2.35. The molecular weight excluding hydrogens is 194 g/mol. The van der Waals surface area contributed by atoms with Crippen molar-refractivity contribution in [3.05, 3.63) is 21.9 Å². The van der Waals surface area contributed by atoms with Crippen molar-refractivity contribution in [1.82, 2.24) is 0 Å². The van der Waals surface area contributed by atoms with Gasteiger partial charge in [0.05, 0.1) is 0 Å². The third kappa shape index (κ3) is 2.04. The van der Waals surface area contributed by atoms with E-state index in [1.165, 1.54) is 4.88 Å². The molecule has 0 bridgehead atoms. The standard InChI is InChI=1S/C11H17NOS/c1-4-11(3,7-12)10(13)9-5-8(2)14-6-9/h5-6H,4,7,12H2,1-3H3. The number of hydrogen-bond donors (Lipinski definition) is 1. The van der Waals surface area contributed by atoms with Gasteiger partial charge in [-0.1, -0.05) is 13.8 Å². The third-order valence-electron chi connectivity index (χ3n) is 2.77. The molecule has 0 radical (unpaired) electrons. The monoisotopic (exact) mass is 211 g/mol. The second-order valence-corrected chi connectivity index (χ2v) is 5.01. The molecule has 0 amide bonds. The molecule has 1 heterocycles. The maximum atomic E-state index is 12.1. The molecule has 0 aromatic carbocycles. The second kappa shape index (κ2) is 4.24. The molecule has 3 heteroatoms. The molecule has 0 saturated heterocycles. The van der Waals surface area contributed by atoms with Gasteiger partial charge in [0.15, 0.2) is 5.78 Å². The van der Waals surface area contributed by atoms with Gasteiger partial charge in [0.1, 0.15) is 0 Å². The maximum Gasteiger partial charge on any atom is 0.170 e. The maximum absolute atomic E-state index is 12.1. The Morgan fingerprint density at radius 2 is 2.29 bits per heavy atom. The highest BCUT2D eigenvalue weighted by Crippen LogP contribution is 2.27. The van der Waals surface area contributed by atoms with E-state index in [1.54, 1.807) is 11.3 Å². The molecule has 2 nitrogen and oxygen atoms in total. The van der Waals surface area contributed by atoms with Crippen molar-refractivity contribution in [2.45, 2.75) is 27.2 Å². The van der Waals surface area contributed by atoms with Crippen LogP contribution >= 0.6 is 11.3 Å². The van der Waals surface area contributed by atoms with Crippen LogP contribution in [0, 0.1) is 12.3 Å². The fraction of sp³-hybridized carbons (Fsp3) is 0.545. The highest BCUT2D eigenvalue weighted by molar-refractivity contribution is 7.10. The average molecular weight is 211 g/mol. The van der Waals surface area contributed by atoms with Gasteiger partial charge < -0.3 is 5.73 Å². The Kier molecular flexibility index (Phi) is 3.45. The predicted octanol–water partition coefficient (Wildman–Crippen LogP) is 2.61. The number of thiophene rings is 1. The molecule has 1 atom stereocenters.